The highest BCUT2D eigenvalue weighted by Gasteiger charge is 2.10. The van der Waals surface area contributed by atoms with Crippen LogP contribution in [0.15, 0.2) is 21.6 Å². The normalized spacial score (nSPS) is 13.2. The molecule has 0 aliphatic rings. The summed E-state index contributed by atoms with van der Waals surface area (Å²) in [5.74, 6) is 2.14. The lowest BCUT2D eigenvalue weighted by Gasteiger charge is -2.12. The van der Waals surface area contributed by atoms with Crippen LogP contribution in [0.1, 0.15) is 25.8 Å². The van der Waals surface area contributed by atoms with Crippen LogP contribution in [0.4, 0.5) is 0 Å². The summed E-state index contributed by atoms with van der Waals surface area (Å²) in [5.41, 5.74) is 7.01. The third kappa shape index (κ3) is 4.90. The van der Waals surface area contributed by atoms with Crippen molar-refractivity contribution in [1.29, 1.82) is 0 Å². The molecular weight excluding hydrogens is 340 g/mol. The molecule has 1 aromatic carbocycles. The Morgan fingerprint density at radius 3 is 2.50 bits per heavy atom. The molecule has 4 nitrogen and oxygen atoms in total. The van der Waals surface area contributed by atoms with Gasteiger partial charge in [-0.3, -0.25) is 4.99 Å². The first kappa shape index (κ1) is 17.2. The number of aliphatic imine (C=N–C) groups is 1. The Labute approximate surface area is 133 Å². The second kappa shape index (κ2) is 8.42. The quantitative estimate of drug-likeness (QED) is 0.618. The summed E-state index contributed by atoms with van der Waals surface area (Å²) in [6.45, 7) is 4.15. The summed E-state index contributed by atoms with van der Waals surface area (Å²) in [6.07, 6.45) is 0.987. The van der Waals surface area contributed by atoms with Crippen molar-refractivity contribution in [3.8, 4) is 11.5 Å². The number of ether oxygens (including phenoxy) is 2. The highest BCUT2D eigenvalue weighted by Crippen LogP contribution is 2.34. The van der Waals surface area contributed by atoms with E-state index >= 15 is 0 Å². The van der Waals surface area contributed by atoms with Gasteiger partial charge < -0.3 is 15.2 Å². The molecular formula is C14H21BrN2O2S. The van der Waals surface area contributed by atoms with Crippen LogP contribution in [-0.4, -0.2) is 25.4 Å². The van der Waals surface area contributed by atoms with E-state index in [2.05, 4.69) is 34.8 Å². The Kier molecular flexibility index (Phi) is 7.23. The van der Waals surface area contributed by atoms with Crippen LogP contribution in [0, 0.1) is 0 Å². The lowest BCUT2D eigenvalue weighted by Crippen LogP contribution is -2.11. The maximum atomic E-state index is 5.92. The van der Waals surface area contributed by atoms with Crippen molar-refractivity contribution in [1.82, 2.24) is 0 Å². The molecule has 0 radical (unpaired) electrons. The average molecular weight is 361 g/mol. The maximum absolute atomic E-state index is 5.92. The number of rotatable bonds is 6. The van der Waals surface area contributed by atoms with Gasteiger partial charge in [0.1, 0.15) is 0 Å². The van der Waals surface area contributed by atoms with Gasteiger partial charge in [0.15, 0.2) is 16.7 Å². The first-order chi connectivity index (χ1) is 9.51. The molecule has 1 rings (SSSR count). The average Bonchev–Trinajstić information content (AvgIpc) is 2.45. The standard InChI is InChI=1S/C14H21BrN2O2S/c1-5-9(2)17-14(16)20-8-10-6-12(18-3)13(19-4)7-11(10)15/h6-7,9H,5,8H2,1-4H3,(H2,16,17)/t9-/m1/s1. The van der Waals surface area contributed by atoms with Crippen molar-refractivity contribution in [3.63, 3.8) is 0 Å². The Balaban J connectivity index is 2.80. The molecule has 0 spiro atoms. The lowest BCUT2D eigenvalue weighted by atomic mass is 10.2. The zero-order chi connectivity index (χ0) is 15.1. The van der Waals surface area contributed by atoms with Gasteiger partial charge >= 0.3 is 0 Å². The molecule has 0 saturated carbocycles. The molecule has 0 aliphatic carbocycles. The number of thioether (sulfide) groups is 1. The highest BCUT2D eigenvalue weighted by atomic mass is 79.9. The number of nitrogens with zero attached hydrogens (tertiary/aromatic N) is 1. The number of halogens is 1. The summed E-state index contributed by atoms with van der Waals surface area (Å²) < 4.78 is 11.5. The first-order valence-corrected chi connectivity index (χ1v) is 8.16. The molecule has 0 aromatic heterocycles. The second-order valence-electron chi connectivity index (χ2n) is 4.31. The smallest absolute Gasteiger partial charge is 0.161 e. The van der Waals surface area contributed by atoms with Crippen LogP contribution in [0.25, 0.3) is 0 Å². The Morgan fingerprint density at radius 1 is 1.35 bits per heavy atom. The van der Waals surface area contributed by atoms with E-state index < -0.39 is 0 Å². The fraction of sp³-hybridized carbons (Fsp3) is 0.500. The minimum atomic E-state index is 0.261. The third-order valence-corrected chi connectivity index (χ3v) is 4.46. The molecule has 0 amide bonds. The van der Waals surface area contributed by atoms with Crippen molar-refractivity contribution >= 4 is 32.9 Å². The summed E-state index contributed by atoms with van der Waals surface area (Å²) in [6, 6.07) is 4.11. The van der Waals surface area contributed by atoms with Crippen LogP contribution >= 0.6 is 27.7 Å². The molecule has 0 fully saturated rings. The van der Waals surface area contributed by atoms with Gasteiger partial charge in [0.2, 0.25) is 0 Å². The van der Waals surface area contributed by atoms with E-state index in [0.29, 0.717) is 16.7 Å². The number of nitrogens with two attached hydrogens (primary N) is 1. The number of benzene rings is 1. The van der Waals surface area contributed by atoms with Crippen molar-refractivity contribution in [2.24, 2.45) is 10.7 Å². The zero-order valence-electron chi connectivity index (χ0n) is 12.3. The zero-order valence-corrected chi connectivity index (χ0v) is 14.7. The van der Waals surface area contributed by atoms with Gasteiger partial charge in [0, 0.05) is 16.3 Å². The van der Waals surface area contributed by atoms with Crippen LogP contribution in [0.5, 0.6) is 11.5 Å². The molecule has 2 N–H and O–H groups in total. The van der Waals surface area contributed by atoms with E-state index in [0.717, 1.165) is 22.2 Å². The van der Waals surface area contributed by atoms with Gasteiger partial charge in [-0.15, -0.1) is 0 Å². The van der Waals surface area contributed by atoms with Gasteiger partial charge in [-0.2, -0.15) is 0 Å². The van der Waals surface area contributed by atoms with E-state index in [4.69, 9.17) is 15.2 Å². The summed E-state index contributed by atoms with van der Waals surface area (Å²) >= 11 is 5.06. The molecule has 0 saturated heterocycles. The molecule has 0 heterocycles. The predicted octanol–water partition coefficient (Wildman–Crippen LogP) is 3.81. The lowest BCUT2D eigenvalue weighted by molar-refractivity contribution is 0.354. The van der Waals surface area contributed by atoms with Crippen LogP contribution in [-0.2, 0) is 5.75 Å². The summed E-state index contributed by atoms with van der Waals surface area (Å²) in [7, 11) is 3.25. The number of hydrogen-bond acceptors (Lipinski definition) is 4. The van der Waals surface area contributed by atoms with Crippen LogP contribution < -0.4 is 15.2 Å². The number of amidine groups is 1. The van der Waals surface area contributed by atoms with E-state index in [1.807, 2.05) is 12.1 Å². The van der Waals surface area contributed by atoms with Crippen molar-refractivity contribution in [2.45, 2.75) is 32.1 Å². The fourth-order valence-electron chi connectivity index (χ4n) is 1.50. The molecule has 1 atom stereocenters. The second-order valence-corrected chi connectivity index (χ2v) is 6.16. The van der Waals surface area contributed by atoms with Crippen LogP contribution in [0.3, 0.4) is 0 Å². The van der Waals surface area contributed by atoms with E-state index in [1.165, 1.54) is 11.8 Å². The molecule has 112 valence electrons. The van der Waals surface area contributed by atoms with Gasteiger partial charge in [-0.25, -0.2) is 0 Å². The van der Waals surface area contributed by atoms with Gasteiger partial charge in [-0.1, -0.05) is 34.6 Å². The fourth-order valence-corrected chi connectivity index (χ4v) is 2.95. The highest BCUT2D eigenvalue weighted by molar-refractivity contribution is 9.10. The largest absolute Gasteiger partial charge is 0.493 e. The number of methoxy groups -OCH3 is 2. The molecule has 0 aliphatic heterocycles. The molecule has 0 bridgehead atoms. The van der Waals surface area contributed by atoms with Crippen molar-refractivity contribution in [2.75, 3.05) is 14.2 Å². The Morgan fingerprint density at radius 2 is 1.95 bits per heavy atom. The predicted molar refractivity (Wildman–Crippen MR) is 89.9 cm³/mol. The van der Waals surface area contributed by atoms with Crippen molar-refractivity contribution < 1.29 is 9.47 Å². The first-order valence-electron chi connectivity index (χ1n) is 6.38. The molecule has 20 heavy (non-hydrogen) atoms. The van der Waals surface area contributed by atoms with Crippen LogP contribution in [0.2, 0.25) is 0 Å². The number of hydrogen-bond donors (Lipinski definition) is 1. The van der Waals surface area contributed by atoms with Crippen molar-refractivity contribution in [3.05, 3.63) is 22.2 Å². The Hall–Kier alpha value is -0.880. The molecule has 1 aromatic rings. The van der Waals surface area contributed by atoms with Gasteiger partial charge in [0.25, 0.3) is 0 Å². The summed E-state index contributed by atoms with van der Waals surface area (Å²) in [4.78, 5) is 4.40. The minimum Gasteiger partial charge on any atom is -0.493 e. The minimum absolute atomic E-state index is 0.261. The SMILES string of the molecule is CC[C@@H](C)N=C(N)SCc1cc(OC)c(OC)cc1Br. The summed E-state index contributed by atoms with van der Waals surface area (Å²) in [5, 5.41) is 0.612. The third-order valence-electron chi connectivity index (χ3n) is 2.87. The Bertz CT molecular complexity index is 480. The van der Waals surface area contributed by atoms with Gasteiger partial charge in [-0.05, 0) is 31.0 Å². The van der Waals surface area contributed by atoms with E-state index in [-0.39, 0.29) is 6.04 Å². The van der Waals surface area contributed by atoms with E-state index in [9.17, 15) is 0 Å². The van der Waals surface area contributed by atoms with E-state index in [1.54, 1.807) is 14.2 Å². The van der Waals surface area contributed by atoms with Gasteiger partial charge in [0.05, 0.1) is 14.2 Å². The molecule has 6 heteroatoms. The topological polar surface area (TPSA) is 56.8 Å². The monoisotopic (exact) mass is 360 g/mol. The maximum Gasteiger partial charge on any atom is 0.161 e. The molecule has 0 unspecified atom stereocenters.